The van der Waals surface area contributed by atoms with Crippen molar-refractivity contribution in [2.75, 3.05) is 13.1 Å². The number of nitrogens with zero attached hydrogens (tertiary/aromatic N) is 3. The highest BCUT2D eigenvalue weighted by atomic mass is 16.1. The first kappa shape index (κ1) is 12.9. The topological polar surface area (TPSA) is 38.1 Å². The summed E-state index contributed by atoms with van der Waals surface area (Å²) >= 11 is 0. The number of carbonyl (C=O) groups excluding carboxylic acids is 1. The predicted octanol–water partition coefficient (Wildman–Crippen LogP) is 2.11. The summed E-state index contributed by atoms with van der Waals surface area (Å²) in [5, 5.41) is 4.26. The van der Waals surface area contributed by atoms with E-state index in [1.807, 2.05) is 23.1 Å². The van der Waals surface area contributed by atoms with Crippen molar-refractivity contribution in [1.82, 2.24) is 14.7 Å². The van der Waals surface area contributed by atoms with Crippen LogP contribution in [0.5, 0.6) is 0 Å². The van der Waals surface area contributed by atoms with E-state index in [0.29, 0.717) is 17.7 Å². The third kappa shape index (κ3) is 2.89. The molecular formula is C15H23N3O. The summed E-state index contributed by atoms with van der Waals surface area (Å²) in [5.41, 5.74) is 0. The Bertz CT molecular complexity index is 415. The molecule has 1 aromatic heterocycles. The normalized spacial score (nSPS) is 28.9. The average Bonchev–Trinajstić information content (AvgIpc) is 3.08. The summed E-state index contributed by atoms with van der Waals surface area (Å²) in [5.74, 6) is 0.828. The SMILES string of the molecule is O=C1CCCC1C1CCCCN1CCn1cccn1. The molecule has 1 saturated carbocycles. The van der Waals surface area contributed by atoms with Crippen LogP contribution in [0.25, 0.3) is 0 Å². The zero-order chi connectivity index (χ0) is 13.1. The molecule has 1 aromatic rings. The van der Waals surface area contributed by atoms with Gasteiger partial charge in [0.15, 0.2) is 0 Å². The molecule has 2 aliphatic rings. The van der Waals surface area contributed by atoms with Gasteiger partial charge in [-0.2, -0.15) is 5.10 Å². The Morgan fingerprint density at radius 1 is 1.21 bits per heavy atom. The number of hydrogen-bond acceptors (Lipinski definition) is 3. The first-order valence-corrected chi connectivity index (χ1v) is 7.59. The molecule has 0 bridgehead atoms. The molecule has 4 heteroatoms. The van der Waals surface area contributed by atoms with Crippen molar-refractivity contribution >= 4 is 5.78 Å². The quantitative estimate of drug-likeness (QED) is 0.833. The Morgan fingerprint density at radius 2 is 2.16 bits per heavy atom. The number of ketones is 1. The first-order chi connectivity index (χ1) is 9.34. The van der Waals surface area contributed by atoms with E-state index < -0.39 is 0 Å². The predicted molar refractivity (Wildman–Crippen MR) is 73.8 cm³/mol. The molecule has 0 amide bonds. The summed E-state index contributed by atoms with van der Waals surface area (Å²) in [6.45, 7) is 3.11. The van der Waals surface area contributed by atoms with E-state index in [0.717, 1.165) is 38.9 Å². The molecule has 1 aliphatic carbocycles. The summed E-state index contributed by atoms with van der Waals surface area (Å²) in [7, 11) is 0. The molecule has 104 valence electrons. The molecule has 2 unspecified atom stereocenters. The minimum absolute atomic E-state index is 0.318. The second-order valence-corrected chi connectivity index (χ2v) is 5.83. The van der Waals surface area contributed by atoms with Crippen molar-refractivity contribution in [1.29, 1.82) is 0 Å². The molecule has 1 saturated heterocycles. The van der Waals surface area contributed by atoms with Crippen molar-refractivity contribution in [3.63, 3.8) is 0 Å². The Labute approximate surface area is 114 Å². The lowest BCUT2D eigenvalue weighted by atomic mass is 9.88. The van der Waals surface area contributed by atoms with Crippen LogP contribution < -0.4 is 0 Å². The summed E-state index contributed by atoms with van der Waals surface area (Å²) in [4.78, 5) is 14.5. The van der Waals surface area contributed by atoms with Crippen molar-refractivity contribution in [2.45, 2.75) is 51.1 Å². The first-order valence-electron chi connectivity index (χ1n) is 7.59. The second-order valence-electron chi connectivity index (χ2n) is 5.83. The van der Waals surface area contributed by atoms with Crippen LogP contribution in [0.15, 0.2) is 18.5 Å². The van der Waals surface area contributed by atoms with Gasteiger partial charge in [0.25, 0.3) is 0 Å². The molecular weight excluding hydrogens is 238 g/mol. The molecule has 2 atom stereocenters. The summed E-state index contributed by atoms with van der Waals surface area (Å²) in [6, 6.07) is 2.47. The number of Topliss-reactive ketones (excluding diaryl/α,β-unsaturated/α-hetero) is 1. The standard InChI is InChI=1S/C15H23N3O/c19-15-7-3-5-13(15)14-6-1-2-9-17(14)11-12-18-10-4-8-16-18/h4,8,10,13-14H,1-3,5-7,9,11-12H2. The van der Waals surface area contributed by atoms with Crippen molar-refractivity contribution < 1.29 is 4.79 Å². The summed E-state index contributed by atoms with van der Waals surface area (Å²) in [6.07, 6.45) is 10.6. The fourth-order valence-corrected chi connectivity index (χ4v) is 3.66. The Morgan fingerprint density at radius 3 is 2.89 bits per heavy atom. The monoisotopic (exact) mass is 261 g/mol. The molecule has 0 aromatic carbocycles. The fraction of sp³-hybridized carbons (Fsp3) is 0.733. The zero-order valence-electron chi connectivity index (χ0n) is 11.5. The number of rotatable bonds is 4. The maximum Gasteiger partial charge on any atom is 0.137 e. The summed E-state index contributed by atoms with van der Waals surface area (Å²) < 4.78 is 1.99. The highest BCUT2D eigenvalue weighted by Crippen LogP contribution is 2.32. The van der Waals surface area contributed by atoms with Gasteiger partial charge < -0.3 is 0 Å². The van der Waals surface area contributed by atoms with Crippen LogP contribution in [0.1, 0.15) is 38.5 Å². The van der Waals surface area contributed by atoms with Gasteiger partial charge >= 0.3 is 0 Å². The van der Waals surface area contributed by atoms with Crippen LogP contribution in [0.2, 0.25) is 0 Å². The third-order valence-electron chi connectivity index (χ3n) is 4.66. The Hall–Kier alpha value is -1.16. The van der Waals surface area contributed by atoms with Crippen molar-refractivity contribution in [3.8, 4) is 0 Å². The maximum absolute atomic E-state index is 12.0. The molecule has 1 aliphatic heterocycles. The largest absolute Gasteiger partial charge is 0.299 e. The van der Waals surface area contributed by atoms with Gasteiger partial charge in [-0.25, -0.2) is 0 Å². The van der Waals surface area contributed by atoms with E-state index in [9.17, 15) is 4.79 Å². The van der Waals surface area contributed by atoms with Gasteiger partial charge in [0.05, 0.1) is 6.54 Å². The number of hydrogen-bond donors (Lipinski definition) is 0. The van der Waals surface area contributed by atoms with Gasteiger partial charge in [-0.1, -0.05) is 6.42 Å². The molecule has 0 spiro atoms. The van der Waals surface area contributed by atoms with E-state index in [4.69, 9.17) is 0 Å². The van der Waals surface area contributed by atoms with Gasteiger partial charge in [-0.15, -0.1) is 0 Å². The van der Waals surface area contributed by atoms with E-state index in [1.54, 1.807) is 0 Å². The van der Waals surface area contributed by atoms with E-state index in [-0.39, 0.29) is 0 Å². The van der Waals surface area contributed by atoms with E-state index >= 15 is 0 Å². The van der Waals surface area contributed by atoms with Crippen LogP contribution in [0.4, 0.5) is 0 Å². The molecule has 0 N–H and O–H groups in total. The zero-order valence-corrected chi connectivity index (χ0v) is 11.5. The van der Waals surface area contributed by atoms with Crippen LogP contribution in [0, 0.1) is 5.92 Å². The highest BCUT2D eigenvalue weighted by molar-refractivity contribution is 5.83. The second kappa shape index (κ2) is 5.87. The Balaban J connectivity index is 1.62. The van der Waals surface area contributed by atoms with Gasteiger partial charge in [0.1, 0.15) is 5.78 Å². The van der Waals surface area contributed by atoms with Gasteiger partial charge in [0, 0.05) is 37.3 Å². The number of likely N-dealkylation sites (tertiary alicyclic amines) is 1. The van der Waals surface area contributed by atoms with Gasteiger partial charge in [-0.05, 0) is 38.3 Å². The van der Waals surface area contributed by atoms with Crippen molar-refractivity contribution in [3.05, 3.63) is 18.5 Å². The smallest absolute Gasteiger partial charge is 0.137 e. The lowest BCUT2D eigenvalue weighted by Gasteiger charge is -2.38. The number of carbonyl (C=O) groups is 1. The van der Waals surface area contributed by atoms with Crippen LogP contribution in [-0.2, 0) is 11.3 Å². The van der Waals surface area contributed by atoms with Gasteiger partial charge in [-0.3, -0.25) is 14.4 Å². The maximum atomic E-state index is 12.0. The fourth-order valence-electron chi connectivity index (χ4n) is 3.66. The van der Waals surface area contributed by atoms with Crippen molar-refractivity contribution in [2.24, 2.45) is 5.92 Å². The highest BCUT2D eigenvalue weighted by Gasteiger charge is 2.36. The number of piperidine rings is 1. The molecule has 4 nitrogen and oxygen atoms in total. The molecule has 3 rings (SSSR count). The molecule has 0 radical (unpaired) electrons. The molecule has 19 heavy (non-hydrogen) atoms. The lowest BCUT2D eigenvalue weighted by molar-refractivity contribution is -0.123. The van der Waals surface area contributed by atoms with Crippen LogP contribution in [-0.4, -0.2) is 39.6 Å². The molecule has 2 heterocycles. The minimum atomic E-state index is 0.318. The lowest BCUT2D eigenvalue weighted by Crippen LogP contribution is -2.46. The number of aromatic nitrogens is 2. The molecule has 2 fully saturated rings. The van der Waals surface area contributed by atoms with Gasteiger partial charge in [0.2, 0.25) is 0 Å². The Kier molecular flexibility index (Phi) is 3.97. The minimum Gasteiger partial charge on any atom is -0.299 e. The van der Waals surface area contributed by atoms with E-state index in [2.05, 4.69) is 10.00 Å². The average molecular weight is 261 g/mol. The van der Waals surface area contributed by atoms with Crippen LogP contribution >= 0.6 is 0 Å². The van der Waals surface area contributed by atoms with E-state index in [1.165, 1.54) is 19.3 Å². The van der Waals surface area contributed by atoms with Crippen LogP contribution in [0.3, 0.4) is 0 Å². The third-order valence-corrected chi connectivity index (χ3v) is 4.66.